The molecular weight excluding hydrogens is 948 g/mol. The second kappa shape index (κ2) is 20.1. The van der Waals surface area contributed by atoms with E-state index in [1.165, 1.54) is 40.6 Å². The first-order chi connectivity index (χ1) is 31.3. The Morgan fingerprint density at radius 2 is 1.67 bits per heavy atom. The summed E-state index contributed by atoms with van der Waals surface area (Å²) in [7, 11) is -10.4. The number of fused-ring (bicyclic) bond motifs is 2. The molecule has 3 fully saturated rings. The van der Waals surface area contributed by atoms with E-state index in [1.54, 1.807) is 12.1 Å². The number of nitrogens with zero attached hydrogens (tertiary/aromatic N) is 3. The average molecular weight is 1000 g/mol. The number of hydrogen-bond donors (Lipinski definition) is 2. The van der Waals surface area contributed by atoms with Crippen LogP contribution in [0.5, 0.6) is 0 Å². The zero-order chi connectivity index (χ0) is 46.9. The Kier molecular flexibility index (Phi) is 14.8. The molecule has 1 amide bonds. The minimum absolute atomic E-state index is 0.0396. The quantitative estimate of drug-likeness (QED) is 0.0777. The third kappa shape index (κ3) is 11.6. The zero-order valence-corrected chi connectivity index (χ0v) is 40.9. The number of sulfonamides is 1. The summed E-state index contributed by atoms with van der Waals surface area (Å²) in [6.07, 6.45) is 4.82. The third-order valence-corrected chi connectivity index (χ3v) is 18.0. The molecule has 66 heavy (non-hydrogen) atoms. The van der Waals surface area contributed by atoms with E-state index in [4.69, 9.17) is 27.9 Å². The fourth-order valence-corrected chi connectivity index (χ4v) is 12.7. The Labute approximate surface area is 401 Å². The highest BCUT2D eigenvalue weighted by molar-refractivity contribution is 7.99. The van der Waals surface area contributed by atoms with Crippen molar-refractivity contribution in [3.05, 3.63) is 119 Å². The number of carbonyl (C=O) groups excluding carboxylic acids is 1. The summed E-state index contributed by atoms with van der Waals surface area (Å²) in [4.78, 5) is 19.6. The van der Waals surface area contributed by atoms with Crippen molar-refractivity contribution in [1.82, 2.24) is 14.5 Å². The maximum absolute atomic E-state index is 14.7. The number of anilines is 2. The van der Waals surface area contributed by atoms with E-state index in [9.17, 15) is 30.4 Å². The molecule has 1 unspecified atom stereocenters. The second-order valence-corrected chi connectivity index (χ2v) is 24.2. The molecule has 3 heterocycles. The summed E-state index contributed by atoms with van der Waals surface area (Å²) in [6.45, 7) is 10.8. The maximum Gasteiger partial charge on any atom is 0.427 e. The molecule has 1 aliphatic carbocycles. The molecule has 0 saturated carbocycles. The van der Waals surface area contributed by atoms with Gasteiger partial charge in [-0.15, -0.1) is 11.8 Å². The van der Waals surface area contributed by atoms with E-state index in [-0.39, 0.29) is 28.8 Å². The number of hydrogen-bond acceptors (Lipinski definition) is 11. The number of piperazine rings is 1. The van der Waals surface area contributed by atoms with Gasteiger partial charge in [0.1, 0.15) is 0 Å². The Balaban J connectivity index is 0.929. The number of morpholine rings is 1. The molecule has 0 aromatic heterocycles. The van der Waals surface area contributed by atoms with Crippen LogP contribution in [0.3, 0.4) is 0 Å². The summed E-state index contributed by atoms with van der Waals surface area (Å²) in [5.74, 6) is -0.534. The fraction of sp³-hybridized carbons (Fsp3) is 0.438. The van der Waals surface area contributed by atoms with Gasteiger partial charge in [0.05, 0.1) is 28.2 Å². The minimum atomic E-state index is -5.62. The minimum Gasteiger partial charge on any atom is -0.380 e. The first kappa shape index (κ1) is 48.7. The molecule has 354 valence electrons. The maximum atomic E-state index is 14.7. The molecule has 2 bridgehead atoms. The number of benzene rings is 4. The molecule has 3 aliphatic heterocycles. The highest BCUT2D eigenvalue weighted by Crippen LogP contribution is 2.44. The summed E-state index contributed by atoms with van der Waals surface area (Å²) >= 11 is 12.9. The standard InChI is InChI=1S/C48H55Cl2F2N5O6S3/c1-47(2)20-18-35(43(28-47)33-8-12-36(49)13-9-33)29-55-22-24-56(25-23-55)38-14-10-34(11-15-38)46(58)54-66(61,62)42-16-17-44(45(27-42)65(59,60)48(50,51)52)53-37(32-64-41-6-4-3-5-7-41)19-21-57-30-40-26-39(57)31-63-40/h3-17,27,37,39-40,53H,18-26,28-32H2,1-2H3,(H,54,58)/t37?,39-,40+/m0/s1. The van der Waals surface area contributed by atoms with Gasteiger partial charge in [-0.3, -0.25) is 14.6 Å². The van der Waals surface area contributed by atoms with Crippen molar-refractivity contribution in [2.75, 3.05) is 68.4 Å². The topological polar surface area (TPSA) is 128 Å². The van der Waals surface area contributed by atoms with Gasteiger partial charge >= 0.3 is 4.71 Å². The van der Waals surface area contributed by atoms with Crippen LogP contribution in [0.15, 0.2) is 117 Å². The van der Waals surface area contributed by atoms with E-state index in [0.717, 1.165) is 92.7 Å². The van der Waals surface area contributed by atoms with Crippen LogP contribution < -0.4 is 14.9 Å². The zero-order valence-electron chi connectivity index (χ0n) is 36.9. The lowest BCUT2D eigenvalue weighted by Crippen LogP contribution is -2.47. The Bertz CT molecular complexity index is 2630. The summed E-state index contributed by atoms with van der Waals surface area (Å²) in [5.41, 5.74) is 4.99. The highest BCUT2D eigenvalue weighted by Gasteiger charge is 2.46. The fourth-order valence-electron chi connectivity index (χ4n) is 9.30. The van der Waals surface area contributed by atoms with Gasteiger partial charge in [0, 0.05) is 84.8 Å². The van der Waals surface area contributed by atoms with Crippen molar-refractivity contribution in [2.45, 2.75) is 83.5 Å². The van der Waals surface area contributed by atoms with Crippen molar-refractivity contribution < 1.29 is 35.1 Å². The monoisotopic (exact) mass is 1000 g/mol. The van der Waals surface area contributed by atoms with Crippen LogP contribution >= 0.6 is 35.0 Å². The molecule has 8 rings (SSSR count). The van der Waals surface area contributed by atoms with Gasteiger partial charge in [-0.1, -0.05) is 61.4 Å². The van der Waals surface area contributed by atoms with E-state index >= 15 is 0 Å². The Morgan fingerprint density at radius 1 is 0.955 bits per heavy atom. The SMILES string of the molecule is CC1(C)CCC(CN2CCN(c3ccc(C(=O)NS(=O)(=O)c4ccc(NC(CCN5C[C@H]6C[C@H]5CO6)CSc5ccccc5)c(S(=O)(=O)C(F)(F)Cl)c4)cc3)CC2)=C(c2ccc(Cl)cc2)C1. The van der Waals surface area contributed by atoms with Crippen LogP contribution in [-0.4, -0.2) is 114 Å². The Hall–Kier alpha value is -3.74. The number of ether oxygens (including phenoxy) is 1. The molecule has 0 radical (unpaired) electrons. The number of rotatable bonds is 17. The van der Waals surface area contributed by atoms with E-state index in [2.05, 4.69) is 46.0 Å². The number of thioether (sulfide) groups is 1. The van der Waals surface area contributed by atoms with E-state index in [0.29, 0.717) is 31.4 Å². The summed E-state index contributed by atoms with van der Waals surface area (Å²) in [6, 6.07) is 26.9. The third-order valence-electron chi connectivity index (χ3n) is 13.1. The van der Waals surface area contributed by atoms with Crippen LogP contribution in [0, 0.1) is 5.41 Å². The first-order valence-corrected chi connectivity index (χ1v) is 26.9. The molecule has 2 N–H and O–H groups in total. The van der Waals surface area contributed by atoms with Crippen molar-refractivity contribution in [3.63, 3.8) is 0 Å². The van der Waals surface area contributed by atoms with Crippen molar-refractivity contribution in [1.29, 1.82) is 0 Å². The largest absolute Gasteiger partial charge is 0.427 e. The lowest BCUT2D eigenvalue weighted by atomic mass is 9.72. The lowest BCUT2D eigenvalue weighted by molar-refractivity contribution is 0.0299. The molecular formula is C48H55Cl2F2N5O6S3. The number of halogens is 4. The number of nitrogens with one attached hydrogen (secondary N) is 2. The number of sulfone groups is 1. The van der Waals surface area contributed by atoms with Crippen molar-refractivity contribution in [2.24, 2.45) is 5.41 Å². The molecule has 11 nitrogen and oxygen atoms in total. The number of allylic oxidation sites excluding steroid dienone is 1. The lowest BCUT2D eigenvalue weighted by Gasteiger charge is -2.39. The normalized spacial score (nSPS) is 21.0. The predicted octanol–water partition coefficient (Wildman–Crippen LogP) is 9.24. The number of carbonyl (C=O) groups is 1. The van der Waals surface area contributed by atoms with Crippen LogP contribution in [0.2, 0.25) is 5.02 Å². The van der Waals surface area contributed by atoms with Gasteiger partial charge in [0.15, 0.2) is 0 Å². The molecule has 3 saturated heterocycles. The molecule has 4 aromatic carbocycles. The van der Waals surface area contributed by atoms with Gasteiger partial charge < -0.3 is 15.0 Å². The highest BCUT2D eigenvalue weighted by atomic mass is 35.5. The summed E-state index contributed by atoms with van der Waals surface area (Å²) in [5, 5.41) is 3.85. The molecule has 4 aliphatic rings. The van der Waals surface area contributed by atoms with Gasteiger partial charge in [0.25, 0.3) is 25.8 Å². The van der Waals surface area contributed by atoms with Gasteiger partial charge in [-0.25, -0.2) is 21.6 Å². The Morgan fingerprint density at radius 3 is 2.32 bits per heavy atom. The van der Waals surface area contributed by atoms with Gasteiger partial charge in [0.2, 0.25) is 0 Å². The second-order valence-electron chi connectivity index (χ2n) is 18.4. The van der Waals surface area contributed by atoms with Gasteiger partial charge in [-0.2, -0.15) is 8.78 Å². The number of alkyl halides is 3. The van der Waals surface area contributed by atoms with Crippen LogP contribution in [-0.2, 0) is 24.6 Å². The van der Waals surface area contributed by atoms with E-state index in [1.807, 2.05) is 47.2 Å². The van der Waals surface area contributed by atoms with E-state index < -0.39 is 46.3 Å². The van der Waals surface area contributed by atoms with Crippen molar-refractivity contribution >= 4 is 77.7 Å². The first-order valence-electron chi connectivity index (χ1n) is 22.2. The molecule has 4 aromatic rings. The predicted molar refractivity (Wildman–Crippen MR) is 259 cm³/mol. The number of amides is 1. The molecule has 0 spiro atoms. The van der Waals surface area contributed by atoms with Crippen LogP contribution in [0.4, 0.5) is 20.2 Å². The smallest absolute Gasteiger partial charge is 0.380 e. The van der Waals surface area contributed by atoms with Crippen LogP contribution in [0.1, 0.15) is 61.9 Å². The summed E-state index contributed by atoms with van der Waals surface area (Å²) < 4.78 is 86.3. The van der Waals surface area contributed by atoms with Gasteiger partial charge in [-0.05, 0) is 127 Å². The molecule has 3 atom stereocenters. The number of likely N-dealkylation sites (tertiary alicyclic amines) is 1. The van der Waals surface area contributed by atoms with Crippen LogP contribution in [0.25, 0.3) is 5.57 Å². The van der Waals surface area contributed by atoms with Crippen molar-refractivity contribution in [3.8, 4) is 0 Å². The molecule has 18 heteroatoms. The average Bonchev–Trinajstić information content (AvgIpc) is 3.92.